The maximum atomic E-state index is 13.9. The Labute approximate surface area is 236 Å². The van der Waals surface area contributed by atoms with Gasteiger partial charge in [-0.05, 0) is 41.3 Å². The van der Waals surface area contributed by atoms with E-state index in [1.54, 1.807) is 24.3 Å². The molecule has 12 heteroatoms. The summed E-state index contributed by atoms with van der Waals surface area (Å²) in [5.74, 6) is -0.574. The zero-order valence-electron chi connectivity index (χ0n) is 21.1. The van der Waals surface area contributed by atoms with E-state index in [9.17, 15) is 18.3 Å². The highest BCUT2D eigenvalue weighted by molar-refractivity contribution is 7.91. The Morgan fingerprint density at radius 3 is 2.42 bits per heavy atom. The van der Waals surface area contributed by atoms with Gasteiger partial charge >= 0.3 is 4.87 Å². The first-order valence-corrected chi connectivity index (χ1v) is 15.6. The van der Waals surface area contributed by atoms with Gasteiger partial charge in [0.1, 0.15) is 5.01 Å². The van der Waals surface area contributed by atoms with Crippen LogP contribution in [0.15, 0.2) is 82.0 Å². The molecule has 0 saturated carbocycles. The van der Waals surface area contributed by atoms with Gasteiger partial charge in [0.25, 0.3) is 0 Å². The number of sulfone groups is 1. The number of nitrogens with zero attached hydrogens (tertiary/aromatic N) is 3. The van der Waals surface area contributed by atoms with Crippen molar-refractivity contribution in [2.24, 2.45) is 0 Å². The molecule has 0 bridgehead atoms. The third-order valence-electron chi connectivity index (χ3n) is 6.35. The molecule has 1 unspecified atom stereocenters. The van der Waals surface area contributed by atoms with Crippen molar-refractivity contribution in [1.82, 2.24) is 20.2 Å². The molecule has 3 aromatic heterocycles. The van der Waals surface area contributed by atoms with Gasteiger partial charge in [0.2, 0.25) is 17.7 Å². The van der Waals surface area contributed by atoms with Gasteiger partial charge in [-0.3, -0.25) is 9.78 Å². The Bertz CT molecular complexity index is 1980. The minimum Gasteiger partial charge on any atom is -0.494 e. The van der Waals surface area contributed by atoms with Crippen LogP contribution in [0.1, 0.15) is 38.0 Å². The van der Waals surface area contributed by atoms with Crippen molar-refractivity contribution in [3.63, 3.8) is 0 Å². The highest BCUT2D eigenvalue weighted by Crippen LogP contribution is 2.39. The van der Waals surface area contributed by atoms with Gasteiger partial charge in [-0.1, -0.05) is 72.0 Å². The SMILES string of the molecule is Cc1cc2nc(C(c3nnc(Cc4sc(=O)[nH]c4O)o3)S(=O)(=O)Cc3ccccc3)sc2cc1-c1ccccc1. The number of H-pyrrole nitrogens is 1. The van der Waals surface area contributed by atoms with Crippen molar-refractivity contribution in [2.75, 3.05) is 0 Å². The Balaban J connectivity index is 1.44. The van der Waals surface area contributed by atoms with Crippen LogP contribution in [0, 0.1) is 6.92 Å². The second-order valence-corrected chi connectivity index (χ2v) is 13.4. The van der Waals surface area contributed by atoms with Crippen LogP contribution in [-0.2, 0) is 22.0 Å². The standard InChI is InChI=1S/C28H22N4O5S3/c1-16-12-20-21(13-19(16)18-10-6-3-7-11-18)38-27(29-20)24(40(35,36)15-17-8-4-2-5-9-17)26-32-31-23(37-26)14-22-25(33)30-28(34)39-22/h2-13,24,33H,14-15H2,1H3,(H,30,34). The molecule has 0 fully saturated rings. The molecular formula is C28H22N4O5S3. The van der Waals surface area contributed by atoms with Crippen molar-refractivity contribution in [3.05, 3.63) is 115 Å². The number of nitrogens with one attached hydrogen (secondary N) is 1. The summed E-state index contributed by atoms with van der Waals surface area (Å²) in [6.45, 7) is 2.00. The Morgan fingerprint density at radius 2 is 1.73 bits per heavy atom. The molecule has 0 saturated heterocycles. The van der Waals surface area contributed by atoms with E-state index in [4.69, 9.17) is 9.40 Å². The van der Waals surface area contributed by atoms with E-state index in [1.807, 2.05) is 55.5 Å². The van der Waals surface area contributed by atoms with Crippen molar-refractivity contribution < 1.29 is 17.9 Å². The number of hydrogen-bond acceptors (Lipinski definition) is 10. The zero-order chi connectivity index (χ0) is 27.9. The van der Waals surface area contributed by atoms with Crippen LogP contribution in [-0.4, -0.2) is 33.7 Å². The summed E-state index contributed by atoms with van der Waals surface area (Å²) in [7, 11) is -3.92. The average molecular weight is 591 g/mol. The van der Waals surface area contributed by atoms with Crippen LogP contribution >= 0.6 is 22.7 Å². The van der Waals surface area contributed by atoms with E-state index >= 15 is 0 Å². The smallest absolute Gasteiger partial charge is 0.307 e. The normalized spacial score (nSPS) is 12.6. The first kappa shape index (κ1) is 26.1. The zero-order valence-corrected chi connectivity index (χ0v) is 23.5. The first-order chi connectivity index (χ1) is 19.3. The molecule has 0 aliphatic heterocycles. The van der Waals surface area contributed by atoms with Gasteiger partial charge in [0, 0.05) is 0 Å². The van der Waals surface area contributed by atoms with Crippen molar-refractivity contribution >= 4 is 42.7 Å². The van der Waals surface area contributed by atoms with E-state index in [1.165, 1.54) is 11.3 Å². The summed E-state index contributed by atoms with van der Waals surface area (Å²) in [5.41, 5.74) is 4.42. The van der Waals surface area contributed by atoms with E-state index in [0.29, 0.717) is 21.0 Å². The molecule has 0 aliphatic rings. The topological polar surface area (TPSA) is 139 Å². The molecule has 40 heavy (non-hydrogen) atoms. The molecule has 6 aromatic rings. The van der Waals surface area contributed by atoms with Crippen molar-refractivity contribution in [3.8, 4) is 17.0 Å². The van der Waals surface area contributed by atoms with Gasteiger partial charge in [0.05, 0.1) is 27.3 Å². The molecule has 0 amide bonds. The fourth-order valence-electron chi connectivity index (χ4n) is 4.49. The molecule has 6 rings (SSSR count). The van der Waals surface area contributed by atoms with Gasteiger partial charge < -0.3 is 9.52 Å². The minimum absolute atomic E-state index is 0.0207. The molecule has 0 spiro atoms. The largest absolute Gasteiger partial charge is 0.494 e. The third-order valence-corrected chi connectivity index (χ3v) is 10.3. The molecule has 3 heterocycles. The molecule has 2 N–H and O–H groups in total. The van der Waals surface area contributed by atoms with Crippen molar-refractivity contribution in [1.29, 1.82) is 0 Å². The lowest BCUT2D eigenvalue weighted by Crippen LogP contribution is -2.17. The van der Waals surface area contributed by atoms with Crippen LogP contribution in [0.3, 0.4) is 0 Å². The van der Waals surface area contributed by atoms with Crippen LogP contribution < -0.4 is 4.87 Å². The number of aromatic hydroxyl groups is 1. The Morgan fingerprint density at radius 1 is 1.00 bits per heavy atom. The van der Waals surface area contributed by atoms with Crippen LogP contribution in [0.2, 0.25) is 0 Å². The maximum absolute atomic E-state index is 13.9. The quantitative estimate of drug-likeness (QED) is 0.240. The third kappa shape index (κ3) is 5.20. The van der Waals surface area contributed by atoms with Crippen LogP contribution in [0.25, 0.3) is 21.3 Å². The van der Waals surface area contributed by atoms with E-state index < -0.39 is 20.0 Å². The number of aryl methyl sites for hydroxylation is 1. The summed E-state index contributed by atoms with van der Waals surface area (Å²) >= 11 is 2.09. The summed E-state index contributed by atoms with van der Waals surface area (Å²) in [6, 6.07) is 22.8. The molecule has 0 radical (unpaired) electrons. The number of rotatable bonds is 8. The molecule has 3 aromatic carbocycles. The molecule has 0 aliphatic carbocycles. The highest BCUT2D eigenvalue weighted by atomic mass is 32.2. The summed E-state index contributed by atoms with van der Waals surface area (Å²) in [6.07, 6.45) is -0.0207. The molecule has 1 atom stereocenters. The second kappa shape index (κ2) is 10.5. The van der Waals surface area contributed by atoms with Gasteiger partial charge in [-0.25, -0.2) is 13.4 Å². The van der Waals surface area contributed by atoms with Crippen LogP contribution in [0.5, 0.6) is 5.88 Å². The second-order valence-electron chi connectivity index (χ2n) is 9.22. The lowest BCUT2D eigenvalue weighted by atomic mass is 10.0. The Hall–Kier alpha value is -4.13. The van der Waals surface area contributed by atoms with E-state index in [2.05, 4.69) is 15.2 Å². The maximum Gasteiger partial charge on any atom is 0.307 e. The monoisotopic (exact) mass is 590 g/mol. The lowest BCUT2D eigenvalue weighted by Gasteiger charge is -2.12. The lowest BCUT2D eigenvalue weighted by molar-refractivity contribution is 0.438. The Kier molecular flexibility index (Phi) is 6.82. The fourth-order valence-corrected chi connectivity index (χ4v) is 8.34. The minimum atomic E-state index is -3.92. The highest BCUT2D eigenvalue weighted by Gasteiger charge is 2.37. The fraction of sp³-hybridized carbons (Fsp3) is 0.143. The number of thiazole rings is 2. The summed E-state index contributed by atoms with van der Waals surface area (Å²) in [5, 5.41) is 17.1. The average Bonchev–Trinajstić information content (AvgIpc) is 3.63. The molecule has 202 valence electrons. The van der Waals surface area contributed by atoms with Gasteiger partial charge in [-0.15, -0.1) is 21.5 Å². The predicted molar refractivity (Wildman–Crippen MR) is 154 cm³/mol. The van der Waals surface area contributed by atoms with E-state index in [-0.39, 0.29) is 29.8 Å². The van der Waals surface area contributed by atoms with Gasteiger partial charge in [0.15, 0.2) is 15.1 Å². The summed E-state index contributed by atoms with van der Waals surface area (Å²) in [4.78, 5) is 18.5. The van der Waals surface area contributed by atoms with Crippen molar-refractivity contribution in [2.45, 2.75) is 24.3 Å². The molecule has 9 nitrogen and oxygen atoms in total. The molecular weight excluding hydrogens is 569 g/mol. The number of fused-ring (bicyclic) bond motifs is 1. The number of aromatic amines is 1. The summed E-state index contributed by atoms with van der Waals surface area (Å²) < 4.78 is 34.5. The van der Waals surface area contributed by atoms with Gasteiger partial charge in [-0.2, -0.15) is 0 Å². The predicted octanol–water partition coefficient (Wildman–Crippen LogP) is 5.41. The van der Waals surface area contributed by atoms with E-state index in [0.717, 1.165) is 32.7 Å². The number of hydrogen-bond donors (Lipinski definition) is 2. The van der Waals surface area contributed by atoms with Crippen LogP contribution in [0.4, 0.5) is 0 Å². The number of aromatic nitrogens is 4. The number of benzene rings is 3. The first-order valence-electron chi connectivity index (χ1n) is 12.2.